The molecule has 1 atom stereocenters. The lowest BCUT2D eigenvalue weighted by molar-refractivity contribution is -0.0646. The number of rotatable bonds is 9. The lowest BCUT2D eigenvalue weighted by Gasteiger charge is -2.30. The quantitative estimate of drug-likeness (QED) is 0.616. The highest BCUT2D eigenvalue weighted by Crippen LogP contribution is 2.20. The van der Waals surface area contributed by atoms with Crippen molar-refractivity contribution < 1.29 is 28.4 Å². The second-order valence-electron chi connectivity index (χ2n) is 8.68. The molecular formula is C25H33FN2O5. The Bertz CT molecular complexity index is 862. The van der Waals surface area contributed by atoms with Gasteiger partial charge in [-0.1, -0.05) is 12.1 Å². The Balaban J connectivity index is 1.28. The lowest BCUT2D eigenvalue weighted by atomic mass is 10.1. The first kappa shape index (κ1) is 23.9. The third-order valence-corrected chi connectivity index (χ3v) is 5.85. The average molecular weight is 461 g/mol. The standard InChI is InChI=1S/C25H33FN2O5/c26-22-4-6-23(7-5-22)33-20-25(29)18-28(10-14-31-19-25)17-21-2-1-3-24(16-21)32-15-11-27-8-12-30-13-9-27/h1-7,16,29H,8-15,17-20H2/t25-/m0/s1. The van der Waals surface area contributed by atoms with Crippen LogP contribution in [0, 0.1) is 5.82 Å². The third kappa shape index (κ3) is 7.65. The van der Waals surface area contributed by atoms with Crippen LogP contribution in [0.5, 0.6) is 11.5 Å². The highest BCUT2D eigenvalue weighted by Gasteiger charge is 2.33. The molecule has 0 bridgehead atoms. The number of benzene rings is 2. The summed E-state index contributed by atoms with van der Waals surface area (Å²) in [7, 11) is 0. The number of hydrogen-bond acceptors (Lipinski definition) is 7. The van der Waals surface area contributed by atoms with Crippen molar-refractivity contribution in [2.75, 3.05) is 72.4 Å². The van der Waals surface area contributed by atoms with Gasteiger partial charge in [-0.2, -0.15) is 0 Å². The molecule has 0 spiro atoms. The van der Waals surface area contributed by atoms with Gasteiger partial charge >= 0.3 is 0 Å². The van der Waals surface area contributed by atoms with E-state index in [9.17, 15) is 9.50 Å². The van der Waals surface area contributed by atoms with E-state index in [1.54, 1.807) is 12.1 Å². The lowest BCUT2D eigenvalue weighted by Crippen LogP contribution is -2.48. The minimum absolute atomic E-state index is 0.0693. The Labute approximate surface area is 194 Å². The summed E-state index contributed by atoms with van der Waals surface area (Å²) in [5.41, 5.74) is -0.0421. The van der Waals surface area contributed by atoms with Gasteiger partial charge in [0, 0.05) is 39.3 Å². The normalized spacial score (nSPS) is 22.6. The monoisotopic (exact) mass is 460 g/mol. The van der Waals surface area contributed by atoms with Crippen LogP contribution in [0.1, 0.15) is 5.56 Å². The molecular weight excluding hydrogens is 427 g/mol. The van der Waals surface area contributed by atoms with Crippen LogP contribution in [0.4, 0.5) is 4.39 Å². The van der Waals surface area contributed by atoms with E-state index in [-0.39, 0.29) is 19.0 Å². The highest BCUT2D eigenvalue weighted by atomic mass is 19.1. The van der Waals surface area contributed by atoms with E-state index in [0.29, 0.717) is 38.6 Å². The zero-order valence-electron chi connectivity index (χ0n) is 19.0. The van der Waals surface area contributed by atoms with E-state index in [0.717, 1.165) is 44.2 Å². The van der Waals surface area contributed by atoms with Gasteiger partial charge in [0.05, 0.1) is 26.4 Å². The van der Waals surface area contributed by atoms with Gasteiger partial charge in [-0.15, -0.1) is 0 Å². The van der Waals surface area contributed by atoms with Gasteiger partial charge in [-0.05, 0) is 42.0 Å². The molecule has 2 fully saturated rings. The van der Waals surface area contributed by atoms with E-state index < -0.39 is 5.60 Å². The summed E-state index contributed by atoms with van der Waals surface area (Å²) >= 11 is 0. The van der Waals surface area contributed by atoms with Crippen molar-refractivity contribution in [3.63, 3.8) is 0 Å². The summed E-state index contributed by atoms with van der Waals surface area (Å²) < 4.78 is 35.8. The van der Waals surface area contributed by atoms with Gasteiger partial charge < -0.3 is 24.1 Å². The van der Waals surface area contributed by atoms with E-state index >= 15 is 0 Å². The predicted octanol–water partition coefficient (Wildman–Crippen LogP) is 2.18. The number of aliphatic hydroxyl groups is 1. The predicted molar refractivity (Wildman–Crippen MR) is 122 cm³/mol. The number of morpholine rings is 1. The van der Waals surface area contributed by atoms with Crippen molar-refractivity contribution in [2.24, 2.45) is 0 Å². The van der Waals surface area contributed by atoms with Crippen molar-refractivity contribution >= 4 is 0 Å². The van der Waals surface area contributed by atoms with E-state index in [4.69, 9.17) is 18.9 Å². The van der Waals surface area contributed by atoms with Crippen molar-refractivity contribution in [2.45, 2.75) is 12.1 Å². The molecule has 0 amide bonds. The van der Waals surface area contributed by atoms with Gasteiger partial charge in [0.25, 0.3) is 0 Å². The van der Waals surface area contributed by atoms with Gasteiger partial charge in [-0.25, -0.2) is 4.39 Å². The van der Waals surface area contributed by atoms with Crippen LogP contribution in [0.2, 0.25) is 0 Å². The largest absolute Gasteiger partial charge is 0.492 e. The third-order valence-electron chi connectivity index (χ3n) is 5.85. The molecule has 2 aromatic rings. The van der Waals surface area contributed by atoms with E-state index in [1.165, 1.54) is 12.1 Å². The highest BCUT2D eigenvalue weighted by molar-refractivity contribution is 5.28. The van der Waals surface area contributed by atoms with Crippen LogP contribution in [0.25, 0.3) is 0 Å². The summed E-state index contributed by atoms with van der Waals surface area (Å²) in [6.07, 6.45) is 0. The maximum absolute atomic E-state index is 13.1. The summed E-state index contributed by atoms with van der Waals surface area (Å²) in [6, 6.07) is 13.9. The Morgan fingerprint density at radius 2 is 1.67 bits per heavy atom. The first-order valence-corrected chi connectivity index (χ1v) is 11.5. The molecule has 0 radical (unpaired) electrons. The second-order valence-corrected chi connectivity index (χ2v) is 8.68. The molecule has 33 heavy (non-hydrogen) atoms. The first-order chi connectivity index (χ1) is 16.1. The smallest absolute Gasteiger partial charge is 0.134 e. The zero-order chi connectivity index (χ0) is 22.9. The minimum atomic E-state index is -1.16. The van der Waals surface area contributed by atoms with Gasteiger partial charge in [0.2, 0.25) is 0 Å². The van der Waals surface area contributed by atoms with Gasteiger partial charge in [0.1, 0.15) is 36.1 Å². The van der Waals surface area contributed by atoms with Crippen LogP contribution in [-0.2, 0) is 16.0 Å². The van der Waals surface area contributed by atoms with Crippen molar-refractivity contribution in [3.05, 3.63) is 59.9 Å². The summed E-state index contributed by atoms with van der Waals surface area (Å²) in [6.45, 7) is 7.60. The molecule has 2 heterocycles. The fraction of sp³-hybridized carbons (Fsp3) is 0.520. The van der Waals surface area contributed by atoms with Crippen molar-refractivity contribution in [3.8, 4) is 11.5 Å². The van der Waals surface area contributed by atoms with Crippen molar-refractivity contribution in [1.82, 2.24) is 9.80 Å². The molecule has 4 rings (SSSR count). The molecule has 1 N–H and O–H groups in total. The fourth-order valence-electron chi connectivity index (χ4n) is 4.08. The topological polar surface area (TPSA) is 63.6 Å². The molecule has 180 valence electrons. The number of ether oxygens (including phenoxy) is 4. The number of halogens is 1. The molecule has 2 aliphatic rings. The molecule has 2 aromatic carbocycles. The molecule has 0 aliphatic carbocycles. The second kappa shape index (κ2) is 11.8. The Morgan fingerprint density at radius 1 is 0.909 bits per heavy atom. The van der Waals surface area contributed by atoms with Crippen LogP contribution in [0.3, 0.4) is 0 Å². The van der Waals surface area contributed by atoms with Crippen LogP contribution < -0.4 is 9.47 Å². The number of β-amino-alcohol motifs (C(OH)–C–C–N with tert-alkyl or cyclic N) is 1. The van der Waals surface area contributed by atoms with Crippen LogP contribution >= 0.6 is 0 Å². The molecule has 7 nitrogen and oxygen atoms in total. The first-order valence-electron chi connectivity index (χ1n) is 11.5. The van der Waals surface area contributed by atoms with Crippen molar-refractivity contribution in [1.29, 1.82) is 0 Å². The summed E-state index contributed by atoms with van der Waals surface area (Å²) in [4.78, 5) is 4.51. The SMILES string of the molecule is O[C@]1(COc2ccc(F)cc2)COCCN(Cc2cccc(OCCN3CCOCC3)c2)C1. The Kier molecular flexibility index (Phi) is 8.52. The number of nitrogens with zero attached hydrogens (tertiary/aromatic N) is 2. The summed E-state index contributed by atoms with van der Waals surface area (Å²) in [5, 5.41) is 11.1. The maximum atomic E-state index is 13.1. The van der Waals surface area contributed by atoms with E-state index in [2.05, 4.69) is 21.9 Å². The number of hydrogen-bond donors (Lipinski definition) is 1. The zero-order valence-corrected chi connectivity index (χ0v) is 19.0. The molecule has 0 aromatic heterocycles. The molecule has 2 saturated heterocycles. The Morgan fingerprint density at radius 3 is 2.48 bits per heavy atom. The minimum Gasteiger partial charge on any atom is -0.492 e. The average Bonchev–Trinajstić information content (AvgIpc) is 3.01. The van der Waals surface area contributed by atoms with Gasteiger partial charge in [0.15, 0.2) is 0 Å². The molecule has 2 aliphatic heterocycles. The van der Waals surface area contributed by atoms with Gasteiger partial charge in [-0.3, -0.25) is 9.80 Å². The Hall–Kier alpha value is -2.23. The summed E-state index contributed by atoms with van der Waals surface area (Å²) in [5.74, 6) is 1.04. The fourth-order valence-corrected chi connectivity index (χ4v) is 4.08. The molecule has 8 heteroatoms. The van der Waals surface area contributed by atoms with Crippen LogP contribution in [-0.4, -0.2) is 92.9 Å². The maximum Gasteiger partial charge on any atom is 0.134 e. The molecule has 0 unspecified atom stereocenters. The van der Waals surface area contributed by atoms with Crippen LogP contribution in [0.15, 0.2) is 48.5 Å². The molecule has 0 saturated carbocycles. The van der Waals surface area contributed by atoms with E-state index in [1.807, 2.05) is 12.1 Å².